The van der Waals surface area contributed by atoms with E-state index in [0.717, 1.165) is 49.8 Å². The minimum Gasteiger partial charge on any atom is -0.481 e. The SMILES string of the molecule is O=C(O)CCC(=O)N(C1CCC1)[C@H]1c2ccccc2N(C(=O)c2ccc(F)cc2)[C@@H]2CCC[C@@H]21. The van der Waals surface area contributed by atoms with E-state index in [2.05, 4.69) is 0 Å². The Kier molecular flexibility index (Phi) is 6.11. The van der Waals surface area contributed by atoms with E-state index in [9.17, 15) is 18.8 Å². The van der Waals surface area contributed by atoms with Crippen molar-refractivity contribution in [1.82, 2.24) is 4.90 Å². The van der Waals surface area contributed by atoms with Gasteiger partial charge in [0.05, 0.1) is 12.5 Å². The van der Waals surface area contributed by atoms with Crippen LogP contribution in [0.4, 0.5) is 10.1 Å². The Bertz CT molecular complexity index is 1100. The standard InChI is InChI=1S/C27H29FN2O4/c28-18-13-11-17(12-14-18)27(34)30-22-9-2-1-7-20(22)26(21-8-4-10-23(21)30)29(19-5-3-6-19)24(31)15-16-25(32)33/h1-2,7,9,11-14,19,21,23,26H,3-6,8,10,15-16H2,(H,32,33)/t21-,23+,26-/m0/s1. The molecule has 0 aromatic heterocycles. The van der Waals surface area contributed by atoms with Gasteiger partial charge in [-0.2, -0.15) is 0 Å². The molecule has 0 radical (unpaired) electrons. The van der Waals surface area contributed by atoms with Crippen molar-refractivity contribution in [2.75, 3.05) is 4.90 Å². The summed E-state index contributed by atoms with van der Waals surface area (Å²) in [5, 5.41) is 9.16. The molecule has 1 heterocycles. The van der Waals surface area contributed by atoms with Crippen molar-refractivity contribution in [2.45, 2.75) is 69.5 Å². The highest BCUT2D eigenvalue weighted by Gasteiger charge is 2.50. The van der Waals surface area contributed by atoms with Gasteiger partial charge in [0, 0.05) is 35.7 Å². The number of aliphatic carboxylic acids is 1. The highest BCUT2D eigenvalue weighted by atomic mass is 19.1. The third kappa shape index (κ3) is 3.97. The zero-order valence-electron chi connectivity index (χ0n) is 19.0. The van der Waals surface area contributed by atoms with Crippen molar-refractivity contribution in [3.63, 3.8) is 0 Å². The quantitative estimate of drug-likeness (QED) is 0.657. The number of rotatable bonds is 6. The summed E-state index contributed by atoms with van der Waals surface area (Å²) >= 11 is 0. The van der Waals surface area contributed by atoms with Crippen LogP contribution in [0.3, 0.4) is 0 Å². The van der Waals surface area contributed by atoms with Gasteiger partial charge in [0.2, 0.25) is 5.91 Å². The Morgan fingerprint density at radius 2 is 1.65 bits per heavy atom. The third-order valence-electron chi connectivity index (χ3n) is 7.70. The molecule has 2 aromatic rings. The molecule has 34 heavy (non-hydrogen) atoms. The molecule has 0 spiro atoms. The van der Waals surface area contributed by atoms with Crippen LogP contribution in [-0.2, 0) is 9.59 Å². The van der Waals surface area contributed by atoms with Crippen molar-refractivity contribution in [2.24, 2.45) is 5.92 Å². The predicted octanol–water partition coefficient (Wildman–Crippen LogP) is 4.94. The van der Waals surface area contributed by atoms with Crippen molar-refractivity contribution >= 4 is 23.5 Å². The second kappa shape index (κ2) is 9.20. The maximum Gasteiger partial charge on any atom is 0.303 e. The van der Waals surface area contributed by atoms with Gasteiger partial charge in [-0.25, -0.2) is 4.39 Å². The number of carboxylic acid groups (broad SMARTS) is 1. The molecule has 1 aliphatic heterocycles. The molecule has 0 unspecified atom stereocenters. The topological polar surface area (TPSA) is 77.9 Å². The number of fused-ring (bicyclic) bond motifs is 2. The van der Waals surface area contributed by atoms with E-state index in [4.69, 9.17) is 5.11 Å². The predicted molar refractivity (Wildman–Crippen MR) is 125 cm³/mol. The summed E-state index contributed by atoms with van der Waals surface area (Å²) in [4.78, 5) is 42.1. The van der Waals surface area contributed by atoms with E-state index in [1.54, 1.807) is 0 Å². The molecule has 5 rings (SSSR count). The zero-order valence-corrected chi connectivity index (χ0v) is 19.0. The highest BCUT2D eigenvalue weighted by molar-refractivity contribution is 6.07. The van der Waals surface area contributed by atoms with Gasteiger partial charge in [-0.1, -0.05) is 24.6 Å². The molecule has 2 amide bonds. The number of anilines is 1. The summed E-state index contributed by atoms with van der Waals surface area (Å²) in [7, 11) is 0. The first-order valence-corrected chi connectivity index (χ1v) is 12.2. The first kappa shape index (κ1) is 22.6. The molecule has 2 aromatic carbocycles. The number of carbonyl (C=O) groups excluding carboxylic acids is 2. The third-order valence-corrected chi connectivity index (χ3v) is 7.70. The Labute approximate surface area is 198 Å². The van der Waals surface area contributed by atoms with Gasteiger partial charge >= 0.3 is 5.97 Å². The normalized spacial score (nSPS) is 23.6. The molecule has 0 saturated heterocycles. The molecular weight excluding hydrogens is 435 g/mol. The molecule has 3 atom stereocenters. The van der Waals surface area contributed by atoms with Crippen LogP contribution < -0.4 is 4.90 Å². The lowest BCUT2D eigenvalue weighted by atomic mass is 9.78. The fraction of sp³-hybridized carbons (Fsp3) is 0.444. The van der Waals surface area contributed by atoms with Crippen molar-refractivity contribution < 1.29 is 23.9 Å². The molecule has 0 bridgehead atoms. The highest BCUT2D eigenvalue weighted by Crippen LogP contribution is 2.52. The molecule has 1 N–H and O–H groups in total. The van der Waals surface area contributed by atoms with E-state index in [0.29, 0.717) is 5.56 Å². The lowest BCUT2D eigenvalue weighted by Crippen LogP contribution is -2.55. The average Bonchev–Trinajstić information content (AvgIpc) is 3.27. The average molecular weight is 465 g/mol. The fourth-order valence-electron chi connectivity index (χ4n) is 5.97. The largest absolute Gasteiger partial charge is 0.481 e. The molecular formula is C27H29FN2O4. The lowest BCUT2D eigenvalue weighted by Gasteiger charge is -2.51. The van der Waals surface area contributed by atoms with E-state index in [1.165, 1.54) is 24.3 Å². The van der Waals surface area contributed by atoms with Gasteiger partial charge in [0.1, 0.15) is 5.82 Å². The number of carbonyl (C=O) groups is 3. The smallest absolute Gasteiger partial charge is 0.303 e. The summed E-state index contributed by atoms with van der Waals surface area (Å²) in [6.45, 7) is 0. The van der Waals surface area contributed by atoms with Gasteiger partial charge in [-0.15, -0.1) is 0 Å². The maximum absolute atomic E-state index is 13.7. The second-order valence-electron chi connectivity index (χ2n) is 9.63. The molecule has 7 heteroatoms. The second-order valence-corrected chi connectivity index (χ2v) is 9.63. The number of hydrogen-bond donors (Lipinski definition) is 1. The number of amides is 2. The van der Waals surface area contributed by atoms with E-state index >= 15 is 0 Å². The summed E-state index contributed by atoms with van der Waals surface area (Å²) in [5.74, 6) is -1.55. The Hall–Kier alpha value is -3.22. The van der Waals surface area contributed by atoms with Crippen LogP contribution in [0.15, 0.2) is 48.5 Å². The first-order valence-electron chi connectivity index (χ1n) is 12.2. The number of hydrogen-bond acceptors (Lipinski definition) is 3. The zero-order chi connectivity index (χ0) is 23.8. The van der Waals surface area contributed by atoms with E-state index < -0.39 is 5.97 Å². The van der Waals surface area contributed by atoms with Crippen LogP contribution >= 0.6 is 0 Å². The van der Waals surface area contributed by atoms with Crippen molar-refractivity contribution in [1.29, 1.82) is 0 Å². The fourth-order valence-corrected chi connectivity index (χ4v) is 5.97. The monoisotopic (exact) mass is 464 g/mol. The maximum atomic E-state index is 13.7. The Morgan fingerprint density at radius 3 is 2.32 bits per heavy atom. The molecule has 2 saturated carbocycles. The van der Waals surface area contributed by atoms with Crippen LogP contribution in [0.25, 0.3) is 0 Å². The number of benzene rings is 2. The number of para-hydroxylation sites is 1. The van der Waals surface area contributed by atoms with Crippen molar-refractivity contribution in [3.8, 4) is 0 Å². The Balaban J connectivity index is 1.56. The number of nitrogens with zero attached hydrogens (tertiary/aromatic N) is 2. The van der Waals surface area contributed by atoms with Crippen LogP contribution in [0.1, 0.15) is 73.3 Å². The number of halogens is 1. The van der Waals surface area contributed by atoms with Gasteiger partial charge < -0.3 is 14.9 Å². The van der Waals surface area contributed by atoms with Crippen LogP contribution in [0.5, 0.6) is 0 Å². The molecule has 178 valence electrons. The van der Waals surface area contributed by atoms with Gasteiger partial charge in [0.15, 0.2) is 0 Å². The van der Waals surface area contributed by atoms with Crippen molar-refractivity contribution in [3.05, 3.63) is 65.5 Å². The summed E-state index contributed by atoms with van der Waals surface area (Å²) in [6.07, 6.45) is 5.40. The first-order chi connectivity index (χ1) is 16.5. The van der Waals surface area contributed by atoms with Gasteiger partial charge in [0.25, 0.3) is 5.91 Å². The minimum atomic E-state index is -0.972. The Morgan fingerprint density at radius 1 is 0.941 bits per heavy atom. The number of carboxylic acids is 1. The molecule has 3 aliphatic rings. The molecule has 2 aliphatic carbocycles. The van der Waals surface area contributed by atoms with Crippen LogP contribution in [0, 0.1) is 11.7 Å². The van der Waals surface area contributed by atoms with Crippen LogP contribution in [0.2, 0.25) is 0 Å². The van der Waals surface area contributed by atoms with Gasteiger partial charge in [-0.3, -0.25) is 14.4 Å². The summed E-state index contributed by atoms with van der Waals surface area (Å²) in [5.41, 5.74) is 2.17. The van der Waals surface area contributed by atoms with E-state index in [-0.39, 0.29) is 54.5 Å². The molecule has 2 fully saturated rings. The molecule has 6 nitrogen and oxygen atoms in total. The summed E-state index contributed by atoms with van der Waals surface area (Å²) < 4.78 is 13.5. The van der Waals surface area contributed by atoms with E-state index in [1.807, 2.05) is 34.1 Å². The van der Waals surface area contributed by atoms with Crippen LogP contribution in [-0.4, -0.2) is 39.9 Å². The summed E-state index contributed by atoms with van der Waals surface area (Å²) in [6, 6.07) is 13.3. The van der Waals surface area contributed by atoms with Gasteiger partial charge in [-0.05, 0) is 68.0 Å². The minimum absolute atomic E-state index is 0.0138. The lowest BCUT2D eigenvalue weighted by molar-refractivity contribution is -0.145.